The Morgan fingerprint density at radius 2 is 1.93 bits per heavy atom. The fraction of sp³-hybridized carbons (Fsp3) is 0.300. The molecule has 0 radical (unpaired) electrons. The molecule has 0 aliphatic rings. The summed E-state index contributed by atoms with van der Waals surface area (Å²) < 4.78 is 0. The monoisotopic (exact) mass is 217 g/mol. The molecular formula is C10H12NNaOS. The zero-order valence-electron chi connectivity index (χ0n) is 8.32. The van der Waals surface area contributed by atoms with Crippen molar-refractivity contribution in [2.24, 2.45) is 0 Å². The van der Waals surface area contributed by atoms with Gasteiger partial charge >= 0.3 is 29.6 Å². The molecule has 0 unspecified atom stereocenters. The molecule has 1 aromatic carbocycles. The maximum absolute atomic E-state index is 11.2. The third-order valence-electron chi connectivity index (χ3n) is 1.63. The van der Waals surface area contributed by atoms with Crippen molar-refractivity contribution in [3.63, 3.8) is 0 Å². The van der Waals surface area contributed by atoms with Crippen molar-refractivity contribution in [3.05, 3.63) is 35.9 Å². The van der Waals surface area contributed by atoms with Crippen LogP contribution in [-0.4, -0.2) is 18.2 Å². The largest absolute Gasteiger partial charge is 1.00 e. The van der Waals surface area contributed by atoms with E-state index in [0.717, 1.165) is 5.56 Å². The van der Waals surface area contributed by atoms with Crippen molar-refractivity contribution in [1.29, 1.82) is 0 Å². The normalized spacial score (nSPS) is 8.93. The van der Waals surface area contributed by atoms with Crippen LogP contribution in [0.3, 0.4) is 0 Å². The molecule has 14 heavy (non-hydrogen) atoms. The average Bonchev–Trinajstić information content (AvgIpc) is 2.16. The van der Waals surface area contributed by atoms with E-state index in [1.807, 2.05) is 30.3 Å². The van der Waals surface area contributed by atoms with Crippen molar-refractivity contribution in [2.45, 2.75) is 6.42 Å². The third-order valence-corrected chi connectivity index (χ3v) is 1.84. The van der Waals surface area contributed by atoms with Crippen molar-refractivity contribution in [2.75, 3.05) is 12.3 Å². The number of amides is 1. The molecule has 0 saturated carbocycles. The fourth-order valence-corrected chi connectivity index (χ4v) is 1.14. The van der Waals surface area contributed by atoms with Gasteiger partial charge in [0.25, 0.3) is 0 Å². The van der Waals surface area contributed by atoms with Gasteiger partial charge in [0.2, 0.25) is 5.91 Å². The fourth-order valence-electron chi connectivity index (χ4n) is 1.03. The van der Waals surface area contributed by atoms with Crippen LogP contribution in [0.1, 0.15) is 5.56 Å². The summed E-state index contributed by atoms with van der Waals surface area (Å²) in [5.74, 6) is 0.608. The summed E-state index contributed by atoms with van der Waals surface area (Å²) in [6, 6.07) is 9.66. The molecule has 0 heterocycles. The molecule has 0 aliphatic heterocycles. The topological polar surface area (TPSA) is 29.1 Å². The first kappa shape index (κ1) is 14.0. The summed E-state index contributed by atoms with van der Waals surface area (Å²) in [6.45, 7) is 0.584. The van der Waals surface area contributed by atoms with Crippen LogP contribution in [0, 0.1) is 0 Å². The van der Waals surface area contributed by atoms with Crippen molar-refractivity contribution in [3.8, 4) is 0 Å². The maximum atomic E-state index is 11.2. The molecular weight excluding hydrogens is 205 g/mol. The average molecular weight is 217 g/mol. The Morgan fingerprint density at radius 1 is 1.29 bits per heavy atom. The van der Waals surface area contributed by atoms with Crippen LogP contribution in [0.2, 0.25) is 0 Å². The van der Waals surface area contributed by atoms with Gasteiger partial charge in [-0.15, -0.1) is 0 Å². The Bertz CT molecular complexity index is 266. The van der Waals surface area contributed by atoms with E-state index in [1.165, 1.54) is 0 Å². The van der Waals surface area contributed by atoms with Gasteiger partial charge in [-0.2, -0.15) is 5.75 Å². The standard InChI is InChI=1S/C10H13NOS.Na/c12-10(11-6-7-13)8-9-4-2-1-3-5-9;/h1-5,13H,6-8H2,(H,11,12);/q;+1/p-1. The quantitative estimate of drug-likeness (QED) is 0.462. The van der Waals surface area contributed by atoms with E-state index >= 15 is 0 Å². The molecule has 1 aromatic rings. The van der Waals surface area contributed by atoms with Gasteiger partial charge < -0.3 is 17.9 Å². The Balaban J connectivity index is 0.00000169. The maximum Gasteiger partial charge on any atom is 1.00 e. The number of hydrogen-bond acceptors (Lipinski definition) is 2. The molecule has 1 amide bonds. The van der Waals surface area contributed by atoms with Crippen LogP contribution in [0.4, 0.5) is 0 Å². The molecule has 1 rings (SSSR count). The van der Waals surface area contributed by atoms with Crippen molar-refractivity contribution < 1.29 is 34.4 Å². The molecule has 1 N–H and O–H groups in total. The Morgan fingerprint density at radius 3 is 2.50 bits per heavy atom. The molecule has 0 aliphatic carbocycles. The van der Waals surface area contributed by atoms with Crippen molar-refractivity contribution >= 4 is 18.5 Å². The number of benzene rings is 1. The van der Waals surface area contributed by atoms with E-state index in [2.05, 4.69) is 5.32 Å². The van der Waals surface area contributed by atoms with Gasteiger partial charge in [-0.05, 0) is 12.1 Å². The first-order valence-corrected chi connectivity index (χ1v) is 4.79. The summed E-state index contributed by atoms with van der Waals surface area (Å²) >= 11 is 4.72. The molecule has 0 saturated heterocycles. The van der Waals surface area contributed by atoms with E-state index < -0.39 is 0 Å². The third kappa shape index (κ3) is 5.70. The van der Waals surface area contributed by atoms with Crippen LogP contribution in [0.5, 0.6) is 0 Å². The van der Waals surface area contributed by atoms with Crippen LogP contribution >= 0.6 is 0 Å². The first-order valence-electron chi connectivity index (χ1n) is 4.21. The molecule has 4 heteroatoms. The first-order chi connectivity index (χ1) is 6.33. The van der Waals surface area contributed by atoms with Gasteiger partial charge in [0, 0.05) is 0 Å². The minimum absolute atomic E-state index is 0. The summed E-state index contributed by atoms with van der Waals surface area (Å²) in [7, 11) is 0. The van der Waals surface area contributed by atoms with Gasteiger partial charge in [0.1, 0.15) is 0 Å². The second kappa shape index (κ2) is 8.36. The molecule has 0 atom stereocenters. The molecule has 2 nitrogen and oxygen atoms in total. The predicted octanol–water partition coefficient (Wildman–Crippen LogP) is -2.10. The predicted molar refractivity (Wildman–Crippen MR) is 55.4 cm³/mol. The summed E-state index contributed by atoms with van der Waals surface area (Å²) in [5.41, 5.74) is 1.03. The van der Waals surface area contributed by atoms with Crippen LogP contribution in [0.25, 0.3) is 0 Å². The van der Waals surface area contributed by atoms with Gasteiger partial charge in [0.15, 0.2) is 0 Å². The summed E-state index contributed by atoms with van der Waals surface area (Å²) in [5, 5.41) is 2.74. The smallest absolute Gasteiger partial charge is 0.791 e. The molecule has 70 valence electrons. The van der Waals surface area contributed by atoms with E-state index in [-0.39, 0.29) is 35.5 Å². The van der Waals surface area contributed by atoms with Crippen LogP contribution in [0.15, 0.2) is 30.3 Å². The number of carbonyl (C=O) groups excluding carboxylic acids is 1. The Kier molecular flexibility index (Phi) is 8.38. The van der Waals surface area contributed by atoms with E-state index in [0.29, 0.717) is 18.7 Å². The SMILES string of the molecule is O=C(Cc1ccccc1)NCC[S-].[Na+]. The number of carbonyl (C=O) groups is 1. The molecule has 0 bridgehead atoms. The zero-order chi connectivity index (χ0) is 9.52. The van der Waals surface area contributed by atoms with E-state index in [4.69, 9.17) is 12.6 Å². The van der Waals surface area contributed by atoms with Crippen molar-refractivity contribution in [1.82, 2.24) is 5.32 Å². The molecule has 0 fully saturated rings. The van der Waals surface area contributed by atoms with E-state index in [1.54, 1.807) is 0 Å². The number of hydrogen-bond donors (Lipinski definition) is 1. The van der Waals surface area contributed by atoms with Gasteiger partial charge in [0.05, 0.1) is 6.42 Å². The second-order valence-corrected chi connectivity index (χ2v) is 3.12. The number of nitrogens with one attached hydrogen (secondary N) is 1. The van der Waals surface area contributed by atoms with Crippen LogP contribution in [-0.2, 0) is 23.8 Å². The van der Waals surface area contributed by atoms with Gasteiger partial charge in [-0.3, -0.25) is 4.79 Å². The summed E-state index contributed by atoms with van der Waals surface area (Å²) in [6.07, 6.45) is 0.441. The molecule has 0 spiro atoms. The Hall–Kier alpha value is 0.0400. The van der Waals surface area contributed by atoms with Gasteiger partial charge in [-0.25, -0.2) is 0 Å². The number of rotatable bonds is 4. The Labute approximate surface area is 112 Å². The van der Waals surface area contributed by atoms with Crippen LogP contribution < -0.4 is 34.9 Å². The second-order valence-electron chi connectivity index (χ2n) is 2.72. The zero-order valence-corrected chi connectivity index (χ0v) is 11.1. The molecule has 0 aromatic heterocycles. The van der Waals surface area contributed by atoms with Gasteiger partial charge in [-0.1, -0.05) is 30.3 Å². The minimum Gasteiger partial charge on any atom is -0.791 e. The van der Waals surface area contributed by atoms with E-state index in [9.17, 15) is 4.79 Å². The minimum atomic E-state index is 0. The summed E-state index contributed by atoms with van der Waals surface area (Å²) in [4.78, 5) is 11.2.